The number of aliphatic hydroxyl groups excluding tert-OH is 1. The predicted molar refractivity (Wildman–Crippen MR) is 107 cm³/mol. The Kier molecular flexibility index (Phi) is 17.1. The van der Waals surface area contributed by atoms with Crippen LogP contribution in [0.5, 0.6) is 0 Å². The molecule has 0 saturated heterocycles. The Morgan fingerprint density at radius 1 is 0.880 bits per heavy atom. The van der Waals surface area contributed by atoms with Crippen molar-refractivity contribution >= 4 is 5.97 Å². The van der Waals surface area contributed by atoms with E-state index in [2.05, 4.69) is 31.2 Å². The molecule has 3 heteroatoms. The highest BCUT2D eigenvalue weighted by Gasteiger charge is 1.93. The van der Waals surface area contributed by atoms with Gasteiger partial charge in [-0.15, -0.1) is 0 Å². The molecule has 0 aromatic heterocycles. The quantitative estimate of drug-likeness (QED) is 0.226. The molecule has 0 aliphatic heterocycles. The van der Waals surface area contributed by atoms with Crippen molar-refractivity contribution in [3.63, 3.8) is 0 Å². The highest BCUT2D eigenvalue weighted by molar-refractivity contribution is 5.66. The van der Waals surface area contributed by atoms with E-state index in [1.165, 1.54) is 19.3 Å². The van der Waals surface area contributed by atoms with Crippen LogP contribution in [0.15, 0.2) is 60.8 Å². The van der Waals surface area contributed by atoms with E-state index in [9.17, 15) is 9.90 Å². The number of rotatable bonds is 15. The summed E-state index contributed by atoms with van der Waals surface area (Å²) in [5.74, 6) is -0.758. The molecule has 1 atom stereocenters. The Labute approximate surface area is 153 Å². The van der Waals surface area contributed by atoms with Crippen molar-refractivity contribution in [1.82, 2.24) is 0 Å². The van der Waals surface area contributed by atoms with E-state index < -0.39 is 12.1 Å². The number of aliphatic carboxylic acids is 1. The molecule has 0 unspecified atom stereocenters. The lowest BCUT2D eigenvalue weighted by atomic mass is 10.1. The number of unbranched alkanes of at least 4 members (excludes halogenated alkanes) is 3. The van der Waals surface area contributed by atoms with Gasteiger partial charge in [0.15, 0.2) is 0 Å². The molecule has 0 spiro atoms. The Morgan fingerprint density at radius 2 is 1.56 bits per heavy atom. The molecule has 0 heterocycles. The Hall–Kier alpha value is -1.87. The van der Waals surface area contributed by atoms with Crippen molar-refractivity contribution in [1.29, 1.82) is 0 Å². The van der Waals surface area contributed by atoms with E-state index in [1.807, 2.05) is 36.5 Å². The van der Waals surface area contributed by atoms with Gasteiger partial charge in [-0.05, 0) is 38.5 Å². The topological polar surface area (TPSA) is 57.5 Å². The highest BCUT2D eigenvalue weighted by atomic mass is 16.4. The average molecular weight is 347 g/mol. The lowest BCUT2D eigenvalue weighted by Crippen LogP contribution is -1.98. The summed E-state index contributed by atoms with van der Waals surface area (Å²) in [4.78, 5) is 10.3. The van der Waals surface area contributed by atoms with Crippen molar-refractivity contribution in [2.75, 3.05) is 0 Å². The smallest absolute Gasteiger partial charge is 0.303 e. The third-order valence-electron chi connectivity index (χ3n) is 3.50. The van der Waals surface area contributed by atoms with Crippen LogP contribution in [-0.4, -0.2) is 22.3 Å². The fourth-order valence-corrected chi connectivity index (χ4v) is 2.06. The van der Waals surface area contributed by atoms with Crippen LogP contribution in [-0.2, 0) is 4.79 Å². The standard InChI is InChI=1S/C22H34O3/c1-2-3-4-5-12-15-18-21(23)19-16-13-10-8-6-7-9-11-14-17-20-22(24)25/h6-7,10-16,19,21,23H,2-5,8-9,17-18,20H2,1H3,(H,24,25)/b7-6-,13-10-,14-11-,15-12-,19-16+/t21-/m0/s1. The van der Waals surface area contributed by atoms with E-state index in [0.29, 0.717) is 12.8 Å². The maximum atomic E-state index is 10.3. The Morgan fingerprint density at radius 3 is 2.28 bits per heavy atom. The lowest BCUT2D eigenvalue weighted by molar-refractivity contribution is -0.136. The second kappa shape index (κ2) is 18.5. The molecule has 3 nitrogen and oxygen atoms in total. The summed E-state index contributed by atoms with van der Waals surface area (Å²) in [5.41, 5.74) is 0. The minimum atomic E-state index is -0.758. The summed E-state index contributed by atoms with van der Waals surface area (Å²) < 4.78 is 0. The van der Waals surface area contributed by atoms with Crippen molar-refractivity contribution in [2.45, 2.75) is 70.8 Å². The maximum absolute atomic E-state index is 10.3. The molecular weight excluding hydrogens is 312 g/mol. The number of hydrogen-bond acceptors (Lipinski definition) is 2. The number of aliphatic hydroxyl groups is 1. The van der Waals surface area contributed by atoms with Crippen LogP contribution < -0.4 is 0 Å². The first-order valence-corrected chi connectivity index (χ1v) is 9.35. The summed E-state index contributed by atoms with van der Waals surface area (Å²) in [6, 6.07) is 0. The Bertz CT molecular complexity index is 456. The third-order valence-corrected chi connectivity index (χ3v) is 3.50. The van der Waals surface area contributed by atoms with Crippen LogP contribution in [0.3, 0.4) is 0 Å². The molecule has 0 aromatic carbocycles. The second-order valence-electron chi connectivity index (χ2n) is 5.93. The molecule has 0 aliphatic carbocycles. The van der Waals surface area contributed by atoms with Gasteiger partial charge >= 0.3 is 5.97 Å². The van der Waals surface area contributed by atoms with Gasteiger partial charge in [-0.1, -0.05) is 80.5 Å². The molecule has 2 N–H and O–H groups in total. The van der Waals surface area contributed by atoms with Gasteiger partial charge in [-0.2, -0.15) is 0 Å². The number of carbonyl (C=O) groups is 1. The first-order chi connectivity index (χ1) is 12.2. The van der Waals surface area contributed by atoms with E-state index in [0.717, 1.165) is 19.3 Å². The summed E-state index contributed by atoms with van der Waals surface area (Å²) in [5, 5.41) is 18.3. The fourth-order valence-electron chi connectivity index (χ4n) is 2.06. The van der Waals surface area contributed by atoms with Crippen LogP contribution in [0.4, 0.5) is 0 Å². The maximum Gasteiger partial charge on any atom is 0.303 e. The molecule has 25 heavy (non-hydrogen) atoms. The van der Waals surface area contributed by atoms with Gasteiger partial charge in [-0.25, -0.2) is 0 Å². The van der Waals surface area contributed by atoms with Crippen LogP contribution in [0.25, 0.3) is 0 Å². The SMILES string of the molecule is CCCCC/C=C\C[C@H](O)/C=C/C=C\C/C=C\C/C=C\CCC(=O)O. The van der Waals surface area contributed by atoms with Crippen molar-refractivity contribution in [2.24, 2.45) is 0 Å². The molecule has 0 fully saturated rings. The molecule has 0 rings (SSSR count). The summed E-state index contributed by atoms with van der Waals surface area (Å²) >= 11 is 0. The number of carboxylic acid groups (broad SMARTS) is 1. The summed E-state index contributed by atoms with van der Waals surface area (Å²) in [6.45, 7) is 2.20. The molecule has 140 valence electrons. The first-order valence-electron chi connectivity index (χ1n) is 9.35. The van der Waals surface area contributed by atoms with E-state index in [4.69, 9.17) is 5.11 Å². The van der Waals surface area contributed by atoms with Crippen molar-refractivity contribution in [3.05, 3.63) is 60.8 Å². The number of carboxylic acids is 1. The highest BCUT2D eigenvalue weighted by Crippen LogP contribution is 2.02. The summed E-state index contributed by atoms with van der Waals surface area (Å²) in [7, 11) is 0. The fraction of sp³-hybridized carbons (Fsp3) is 0.500. The zero-order chi connectivity index (χ0) is 18.6. The lowest BCUT2D eigenvalue weighted by Gasteiger charge is -1.99. The average Bonchev–Trinajstić information content (AvgIpc) is 2.58. The van der Waals surface area contributed by atoms with Crippen molar-refractivity contribution in [3.8, 4) is 0 Å². The van der Waals surface area contributed by atoms with Gasteiger partial charge in [0.25, 0.3) is 0 Å². The van der Waals surface area contributed by atoms with Crippen LogP contribution in [0, 0.1) is 0 Å². The number of hydrogen-bond donors (Lipinski definition) is 2. The molecule has 0 aliphatic rings. The molecular formula is C22H34O3. The minimum absolute atomic E-state index is 0.190. The van der Waals surface area contributed by atoms with Gasteiger partial charge in [0, 0.05) is 6.42 Å². The van der Waals surface area contributed by atoms with Gasteiger partial charge < -0.3 is 10.2 Å². The molecule has 0 amide bonds. The largest absolute Gasteiger partial charge is 0.481 e. The van der Waals surface area contributed by atoms with Crippen LogP contribution in [0.2, 0.25) is 0 Å². The number of allylic oxidation sites excluding steroid dienone is 8. The first kappa shape index (κ1) is 23.1. The monoisotopic (exact) mass is 346 g/mol. The minimum Gasteiger partial charge on any atom is -0.481 e. The predicted octanol–water partition coefficient (Wildman–Crippen LogP) is 5.74. The third kappa shape index (κ3) is 20.1. The van der Waals surface area contributed by atoms with Crippen LogP contribution in [0.1, 0.15) is 64.7 Å². The molecule has 0 aromatic rings. The summed E-state index contributed by atoms with van der Waals surface area (Å²) in [6.07, 6.45) is 27.4. The van der Waals surface area contributed by atoms with E-state index in [-0.39, 0.29) is 6.42 Å². The zero-order valence-corrected chi connectivity index (χ0v) is 15.5. The molecule has 0 saturated carbocycles. The van der Waals surface area contributed by atoms with Gasteiger partial charge in [0.2, 0.25) is 0 Å². The molecule has 0 radical (unpaired) electrons. The van der Waals surface area contributed by atoms with Gasteiger partial charge in [0.1, 0.15) is 0 Å². The van der Waals surface area contributed by atoms with Gasteiger partial charge in [0.05, 0.1) is 6.10 Å². The second-order valence-corrected chi connectivity index (χ2v) is 5.93. The van der Waals surface area contributed by atoms with E-state index in [1.54, 1.807) is 0 Å². The molecule has 0 bridgehead atoms. The van der Waals surface area contributed by atoms with E-state index >= 15 is 0 Å². The van der Waals surface area contributed by atoms with Crippen LogP contribution >= 0.6 is 0 Å². The normalized spacial score (nSPS) is 14.0. The zero-order valence-electron chi connectivity index (χ0n) is 15.5. The Balaban J connectivity index is 3.66. The van der Waals surface area contributed by atoms with Gasteiger partial charge in [-0.3, -0.25) is 4.79 Å². The van der Waals surface area contributed by atoms with Crippen molar-refractivity contribution < 1.29 is 15.0 Å².